The van der Waals surface area contributed by atoms with Crippen LogP contribution in [0.3, 0.4) is 0 Å². The molecule has 0 bridgehead atoms. The highest BCUT2D eigenvalue weighted by molar-refractivity contribution is 7.17. The van der Waals surface area contributed by atoms with Crippen LogP contribution in [0.25, 0.3) is 0 Å². The molecule has 0 spiro atoms. The van der Waals surface area contributed by atoms with Gasteiger partial charge in [-0.05, 0) is 18.5 Å². The summed E-state index contributed by atoms with van der Waals surface area (Å²) < 4.78 is 5.09. The molecule has 1 saturated heterocycles. The first-order valence-electron chi connectivity index (χ1n) is 3.57. The summed E-state index contributed by atoms with van der Waals surface area (Å²) in [7, 11) is -2.05. The number of hydrogen-bond acceptors (Lipinski definition) is 2. The molecule has 10 heavy (non-hydrogen) atoms. The van der Waals surface area contributed by atoms with Gasteiger partial charge in [0.05, 0.1) is 0 Å². The molecule has 0 amide bonds. The molecule has 0 N–H and O–H groups in total. The van der Waals surface area contributed by atoms with Crippen molar-refractivity contribution in [3.63, 3.8) is 0 Å². The van der Waals surface area contributed by atoms with Crippen LogP contribution in [0.2, 0.25) is 12.1 Å². The second-order valence-corrected chi connectivity index (χ2v) is 7.81. The molecule has 0 aromatic heterocycles. The van der Waals surface area contributed by atoms with Gasteiger partial charge in [0, 0.05) is 6.42 Å². The van der Waals surface area contributed by atoms with Crippen LogP contribution in [-0.2, 0) is 9.22 Å². The van der Waals surface area contributed by atoms with E-state index in [9.17, 15) is 4.79 Å². The molecule has 1 fully saturated rings. The molecule has 0 radical (unpaired) electrons. The number of halogens is 1. The van der Waals surface area contributed by atoms with Gasteiger partial charge in [0.1, 0.15) is 0 Å². The molecule has 4 heteroatoms. The lowest BCUT2D eigenvalue weighted by Gasteiger charge is -2.26. The zero-order valence-corrected chi connectivity index (χ0v) is 7.78. The summed E-state index contributed by atoms with van der Waals surface area (Å²) in [5.74, 6) is -0.102. The summed E-state index contributed by atoms with van der Waals surface area (Å²) in [6, 6.07) is 1.76. The Hall–Kier alpha value is -0.0231. The van der Waals surface area contributed by atoms with E-state index in [2.05, 4.69) is 0 Å². The summed E-state index contributed by atoms with van der Waals surface area (Å²) in [5, 5.41) is 0. The maximum Gasteiger partial charge on any atom is 0.350 e. The third kappa shape index (κ3) is 1.73. The number of hydrogen-bond donors (Lipinski definition) is 0. The molecule has 1 aliphatic rings. The van der Waals surface area contributed by atoms with E-state index in [0.29, 0.717) is 6.42 Å². The van der Waals surface area contributed by atoms with Crippen molar-refractivity contribution < 1.29 is 9.22 Å². The van der Waals surface area contributed by atoms with Gasteiger partial charge in [0.15, 0.2) is 0 Å². The highest BCUT2D eigenvalue weighted by atomic mass is 35.6. The average Bonchev–Trinajstić information content (AvgIpc) is 1.88. The predicted octanol–water partition coefficient (Wildman–Crippen LogP) is 2.02. The Balaban J connectivity index is 2.53. The molecule has 0 aromatic carbocycles. The van der Waals surface area contributed by atoms with Crippen LogP contribution in [0, 0.1) is 0 Å². The minimum absolute atomic E-state index is 0.102. The molecule has 1 heterocycles. The standard InChI is InChI=1S/C6H11ClO2Si/c1-2-10(7)5-3-4-6(8)9-10/h2-5H2,1H3. The molecule has 1 atom stereocenters. The van der Waals surface area contributed by atoms with E-state index in [1.807, 2.05) is 6.92 Å². The van der Waals surface area contributed by atoms with Crippen LogP contribution in [0.5, 0.6) is 0 Å². The monoisotopic (exact) mass is 178 g/mol. The van der Waals surface area contributed by atoms with E-state index in [0.717, 1.165) is 18.5 Å². The quantitative estimate of drug-likeness (QED) is 0.454. The van der Waals surface area contributed by atoms with Gasteiger partial charge in [-0.1, -0.05) is 6.92 Å². The summed E-state index contributed by atoms with van der Waals surface area (Å²) in [5.41, 5.74) is 0. The van der Waals surface area contributed by atoms with Crippen LogP contribution in [0.15, 0.2) is 0 Å². The molecular weight excluding hydrogens is 168 g/mol. The number of carbonyl (C=O) groups excluding carboxylic acids is 1. The number of rotatable bonds is 1. The average molecular weight is 179 g/mol. The van der Waals surface area contributed by atoms with Crippen LogP contribution in [0.1, 0.15) is 19.8 Å². The van der Waals surface area contributed by atoms with Crippen molar-refractivity contribution in [2.45, 2.75) is 31.9 Å². The first-order chi connectivity index (χ1) is 4.66. The van der Waals surface area contributed by atoms with E-state index in [1.54, 1.807) is 0 Å². The molecule has 0 saturated carbocycles. The fourth-order valence-corrected chi connectivity index (χ4v) is 3.53. The second kappa shape index (κ2) is 2.92. The predicted molar refractivity (Wildman–Crippen MR) is 42.2 cm³/mol. The van der Waals surface area contributed by atoms with Crippen LogP contribution < -0.4 is 0 Å². The molecule has 1 unspecified atom stereocenters. The van der Waals surface area contributed by atoms with E-state index in [4.69, 9.17) is 15.5 Å². The lowest BCUT2D eigenvalue weighted by atomic mass is 10.3. The van der Waals surface area contributed by atoms with Crippen LogP contribution in [0.4, 0.5) is 0 Å². The third-order valence-corrected chi connectivity index (χ3v) is 6.11. The molecule has 1 rings (SSSR count). The number of carbonyl (C=O) groups is 1. The summed E-state index contributed by atoms with van der Waals surface area (Å²) in [6.07, 6.45) is 1.48. The SMILES string of the molecule is CC[Si]1(Cl)CCCC(=O)O1. The molecule has 2 nitrogen and oxygen atoms in total. The highest BCUT2D eigenvalue weighted by Gasteiger charge is 2.37. The van der Waals surface area contributed by atoms with Crippen molar-refractivity contribution in [2.75, 3.05) is 0 Å². The smallest absolute Gasteiger partial charge is 0.350 e. The van der Waals surface area contributed by atoms with Crippen molar-refractivity contribution in [3.8, 4) is 0 Å². The van der Waals surface area contributed by atoms with Crippen molar-refractivity contribution in [2.24, 2.45) is 0 Å². The van der Waals surface area contributed by atoms with Gasteiger partial charge in [0.25, 0.3) is 5.97 Å². The lowest BCUT2D eigenvalue weighted by molar-refractivity contribution is -0.136. The fraction of sp³-hybridized carbons (Fsp3) is 0.833. The first-order valence-corrected chi connectivity index (χ1v) is 6.90. The van der Waals surface area contributed by atoms with Gasteiger partial charge in [-0.2, -0.15) is 0 Å². The Bertz CT molecular complexity index is 151. The summed E-state index contributed by atoms with van der Waals surface area (Å²) in [6.45, 7) is 1.98. The summed E-state index contributed by atoms with van der Waals surface area (Å²) in [4.78, 5) is 10.8. The maximum atomic E-state index is 10.8. The molecule has 0 aromatic rings. The highest BCUT2D eigenvalue weighted by Crippen LogP contribution is 2.29. The van der Waals surface area contributed by atoms with Gasteiger partial charge in [-0.15, -0.1) is 11.1 Å². The van der Waals surface area contributed by atoms with E-state index < -0.39 is 7.63 Å². The van der Waals surface area contributed by atoms with E-state index in [1.165, 1.54) is 0 Å². The second-order valence-electron chi connectivity index (χ2n) is 2.56. The van der Waals surface area contributed by atoms with Crippen molar-refractivity contribution in [1.82, 2.24) is 0 Å². The Kier molecular flexibility index (Phi) is 2.36. The van der Waals surface area contributed by atoms with Crippen LogP contribution >= 0.6 is 11.1 Å². The van der Waals surface area contributed by atoms with Gasteiger partial charge in [-0.25, -0.2) is 0 Å². The Morgan fingerprint density at radius 1 is 1.80 bits per heavy atom. The zero-order valence-electron chi connectivity index (χ0n) is 6.02. The fourth-order valence-electron chi connectivity index (χ4n) is 1.05. The third-order valence-electron chi connectivity index (χ3n) is 1.76. The zero-order chi connectivity index (χ0) is 7.61. The van der Waals surface area contributed by atoms with Crippen molar-refractivity contribution in [3.05, 3.63) is 0 Å². The normalized spacial score (nSPS) is 33.6. The van der Waals surface area contributed by atoms with Gasteiger partial charge in [0.2, 0.25) is 0 Å². The minimum Gasteiger partial charge on any atom is -0.504 e. The Labute approximate surface area is 66.3 Å². The first kappa shape index (κ1) is 8.08. The Morgan fingerprint density at radius 2 is 2.50 bits per heavy atom. The van der Waals surface area contributed by atoms with Gasteiger partial charge >= 0.3 is 7.63 Å². The van der Waals surface area contributed by atoms with Crippen molar-refractivity contribution >= 4 is 24.7 Å². The largest absolute Gasteiger partial charge is 0.504 e. The molecule has 58 valence electrons. The van der Waals surface area contributed by atoms with Crippen LogP contribution in [-0.4, -0.2) is 13.6 Å². The lowest BCUT2D eigenvalue weighted by Crippen LogP contribution is -2.37. The molecule has 0 aliphatic carbocycles. The van der Waals surface area contributed by atoms with Crippen molar-refractivity contribution in [1.29, 1.82) is 0 Å². The van der Waals surface area contributed by atoms with E-state index in [-0.39, 0.29) is 5.97 Å². The topological polar surface area (TPSA) is 26.3 Å². The summed E-state index contributed by atoms with van der Waals surface area (Å²) >= 11 is 6.05. The molecule has 1 aliphatic heterocycles. The Morgan fingerprint density at radius 3 is 2.90 bits per heavy atom. The van der Waals surface area contributed by atoms with Gasteiger partial charge < -0.3 is 4.43 Å². The molecular formula is C6H11ClO2Si. The maximum absolute atomic E-state index is 10.8. The van der Waals surface area contributed by atoms with E-state index >= 15 is 0 Å². The van der Waals surface area contributed by atoms with Gasteiger partial charge in [-0.3, -0.25) is 4.79 Å². The minimum atomic E-state index is -2.05.